The number of aromatic nitrogens is 2. The number of hydrogen-bond acceptors (Lipinski definition) is 10. The monoisotopic (exact) mass is 744 g/mol. The highest BCUT2D eigenvalue weighted by molar-refractivity contribution is 5.97. The van der Waals surface area contributed by atoms with Crippen LogP contribution in [0.1, 0.15) is 96.2 Å². The van der Waals surface area contributed by atoms with Crippen LogP contribution >= 0.6 is 0 Å². The normalized spacial score (nSPS) is 15.8. The first-order chi connectivity index (χ1) is 25.4. The second kappa shape index (κ2) is 18.0. The number of rotatable bonds is 13. The maximum absolute atomic E-state index is 14.1. The number of ether oxygens (including phenoxy) is 2. The number of benzene rings is 2. The number of carbonyl (C=O) groups is 5. The van der Waals surface area contributed by atoms with Gasteiger partial charge in [0.2, 0.25) is 5.91 Å². The van der Waals surface area contributed by atoms with Crippen molar-refractivity contribution in [1.82, 2.24) is 25.1 Å². The number of carboxylic acid groups (broad SMARTS) is 1. The first-order valence-corrected chi connectivity index (χ1v) is 18.2. The fourth-order valence-electron chi connectivity index (χ4n) is 6.04. The maximum atomic E-state index is 14.1. The molecule has 4 rings (SSSR count). The highest BCUT2D eigenvalue weighted by atomic mass is 16.6. The van der Waals surface area contributed by atoms with Crippen molar-refractivity contribution in [2.45, 2.75) is 103 Å². The summed E-state index contributed by atoms with van der Waals surface area (Å²) in [7, 11) is 0. The van der Waals surface area contributed by atoms with Gasteiger partial charge in [0.1, 0.15) is 28.8 Å². The molecule has 2 heterocycles. The van der Waals surface area contributed by atoms with E-state index in [9.17, 15) is 29.1 Å². The minimum absolute atomic E-state index is 0.0391. The van der Waals surface area contributed by atoms with Crippen molar-refractivity contribution in [1.29, 1.82) is 0 Å². The zero-order chi connectivity index (χ0) is 39.6. The fraction of sp³-hybridized carbons (Fsp3) is 0.475. The summed E-state index contributed by atoms with van der Waals surface area (Å²) < 4.78 is 11.1. The molecule has 0 radical (unpaired) electrons. The van der Waals surface area contributed by atoms with Crippen molar-refractivity contribution in [2.24, 2.45) is 0 Å². The van der Waals surface area contributed by atoms with Crippen LogP contribution in [0.3, 0.4) is 0 Å². The van der Waals surface area contributed by atoms with Crippen LogP contribution in [0.4, 0.5) is 10.6 Å². The zero-order valence-corrected chi connectivity index (χ0v) is 32.1. The minimum atomic E-state index is -1.16. The van der Waals surface area contributed by atoms with E-state index in [4.69, 9.17) is 14.5 Å². The standard InChI is InChI=1S/C40H52N6O8/c1-8-28-25-45(21-22-46(28)38(51)52)37(50)29(19-20-33(47)53-39(2,3)4)43-36(49)31-23-32(44-35(42-31)27-17-13-10-14-18-27)41-30(26-15-11-9-12-16-26)24-34(48)54-40(5,6)7/h9-18,23,28-30H,8,19-22,24-25H2,1-7H3,(H,43,49)(H,51,52)(H,41,42,44)/t28?,29-,30-/m0/s1. The van der Waals surface area contributed by atoms with Crippen molar-refractivity contribution in [3.05, 3.63) is 78.0 Å². The molecule has 1 aliphatic rings. The molecule has 3 aromatic rings. The van der Waals surface area contributed by atoms with Gasteiger partial charge in [-0.05, 0) is 59.9 Å². The van der Waals surface area contributed by atoms with Crippen LogP contribution in [0.5, 0.6) is 0 Å². The Morgan fingerprint density at radius 1 is 0.870 bits per heavy atom. The Morgan fingerprint density at radius 2 is 1.48 bits per heavy atom. The molecule has 3 atom stereocenters. The maximum Gasteiger partial charge on any atom is 0.407 e. The number of nitrogens with zero attached hydrogens (tertiary/aromatic N) is 4. The summed E-state index contributed by atoms with van der Waals surface area (Å²) >= 11 is 0. The van der Waals surface area contributed by atoms with Crippen LogP contribution in [0.25, 0.3) is 11.4 Å². The first kappa shape index (κ1) is 41.2. The topological polar surface area (TPSA) is 180 Å². The van der Waals surface area contributed by atoms with E-state index in [-0.39, 0.29) is 56.2 Å². The summed E-state index contributed by atoms with van der Waals surface area (Å²) in [6, 6.07) is 17.6. The Hall–Kier alpha value is -5.53. The molecule has 0 saturated carbocycles. The lowest BCUT2D eigenvalue weighted by atomic mass is 10.0. The number of anilines is 1. The highest BCUT2D eigenvalue weighted by Gasteiger charge is 2.35. The summed E-state index contributed by atoms with van der Waals surface area (Å²) in [5.74, 6) is -1.64. The number of carbonyl (C=O) groups excluding carboxylic acids is 4. The lowest BCUT2D eigenvalue weighted by Crippen LogP contribution is -2.59. The van der Waals surface area contributed by atoms with Gasteiger partial charge in [-0.15, -0.1) is 0 Å². The number of nitrogens with one attached hydrogen (secondary N) is 2. The number of esters is 2. The van der Waals surface area contributed by atoms with Gasteiger partial charge in [-0.3, -0.25) is 19.2 Å². The molecule has 3 amide bonds. The van der Waals surface area contributed by atoms with Gasteiger partial charge in [0, 0.05) is 37.7 Å². The molecule has 0 aliphatic carbocycles. The van der Waals surface area contributed by atoms with Crippen LogP contribution in [-0.2, 0) is 23.9 Å². The molecule has 2 aromatic carbocycles. The molecule has 1 aromatic heterocycles. The summed E-state index contributed by atoms with van der Waals surface area (Å²) in [5, 5.41) is 15.8. The van der Waals surface area contributed by atoms with E-state index >= 15 is 0 Å². The molecular weight excluding hydrogens is 692 g/mol. The van der Waals surface area contributed by atoms with E-state index in [2.05, 4.69) is 15.6 Å². The highest BCUT2D eigenvalue weighted by Crippen LogP contribution is 2.26. The Kier molecular flexibility index (Phi) is 13.7. The largest absolute Gasteiger partial charge is 0.465 e. The van der Waals surface area contributed by atoms with Crippen molar-refractivity contribution < 1.29 is 38.6 Å². The van der Waals surface area contributed by atoms with E-state index in [1.165, 1.54) is 15.9 Å². The predicted octanol–water partition coefficient (Wildman–Crippen LogP) is 5.85. The molecular formula is C40H52N6O8. The van der Waals surface area contributed by atoms with Gasteiger partial charge in [0.05, 0.1) is 18.5 Å². The number of hydrogen-bond donors (Lipinski definition) is 3. The van der Waals surface area contributed by atoms with E-state index in [0.717, 1.165) is 5.56 Å². The van der Waals surface area contributed by atoms with Gasteiger partial charge in [0.25, 0.3) is 5.91 Å². The molecule has 14 nitrogen and oxygen atoms in total. The van der Waals surface area contributed by atoms with E-state index < -0.39 is 59.2 Å². The predicted molar refractivity (Wildman–Crippen MR) is 202 cm³/mol. The van der Waals surface area contributed by atoms with E-state index in [0.29, 0.717) is 12.0 Å². The third kappa shape index (κ3) is 12.3. The Labute approximate surface area is 316 Å². The van der Waals surface area contributed by atoms with Gasteiger partial charge < -0.3 is 35.0 Å². The average molecular weight is 745 g/mol. The van der Waals surface area contributed by atoms with E-state index in [1.807, 2.05) is 55.5 Å². The second-order valence-corrected chi connectivity index (χ2v) is 15.2. The Bertz CT molecular complexity index is 1770. The van der Waals surface area contributed by atoms with Crippen LogP contribution in [-0.4, -0.2) is 97.6 Å². The summed E-state index contributed by atoms with van der Waals surface area (Å²) in [5.41, 5.74) is -0.0978. The van der Waals surface area contributed by atoms with Gasteiger partial charge >= 0.3 is 18.0 Å². The Morgan fingerprint density at radius 3 is 2.07 bits per heavy atom. The number of piperazine rings is 1. The van der Waals surface area contributed by atoms with Crippen molar-refractivity contribution in [3.8, 4) is 11.4 Å². The number of amides is 3. The smallest absolute Gasteiger partial charge is 0.407 e. The average Bonchev–Trinajstić information content (AvgIpc) is 3.11. The molecule has 1 fully saturated rings. The van der Waals surface area contributed by atoms with Gasteiger partial charge in [0.15, 0.2) is 5.82 Å². The molecule has 290 valence electrons. The molecule has 54 heavy (non-hydrogen) atoms. The summed E-state index contributed by atoms with van der Waals surface area (Å²) in [6.07, 6.45) is -0.838. The zero-order valence-electron chi connectivity index (χ0n) is 32.1. The summed E-state index contributed by atoms with van der Waals surface area (Å²) in [6.45, 7) is 12.8. The SMILES string of the molecule is CCC1CN(C(=O)[C@H](CCC(=O)OC(C)(C)C)NC(=O)c2cc(N[C@@H](CC(=O)OC(C)(C)C)c3ccccc3)nc(-c3ccccc3)n2)CCN1C(=O)O. The van der Waals surface area contributed by atoms with Crippen LogP contribution in [0.15, 0.2) is 66.7 Å². The minimum Gasteiger partial charge on any atom is -0.465 e. The quantitative estimate of drug-likeness (QED) is 0.179. The van der Waals surface area contributed by atoms with Gasteiger partial charge in [-0.2, -0.15) is 0 Å². The van der Waals surface area contributed by atoms with Crippen molar-refractivity contribution >= 4 is 35.7 Å². The molecule has 14 heteroatoms. The summed E-state index contributed by atoms with van der Waals surface area (Å²) in [4.78, 5) is 77.9. The van der Waals surface area contributed by atoms with E-state index in [1.54, 1.807) is 53.7 Å². The van der Waals surface area contributed by atoms with Gasteiger partial charge in [-0.25, -0.2) is 14.8 Å². The fourth-order valence-corrected chi connectivity index (χ4v) is 6.04. The van der Waals surface area contributed by atoms with Crippen molar-refractivity contribution in [3.63, 3.8) is 0 Å². The van der Waals surface area contributed by atoms with Crippen LogP contribution in [0.2, 0.25) is 0 Å². The van der Waals surface area contributed by atoms with Crippen LogP contribution in [0, 0.1) is 0 Å². The Balaban J connectivity index is 1.68. The lowest BCUT2D eigenvalue weighted by molar-refractivity contribution is -0.156. The molecule has 1 unspecified atom stereocenters. The third-order valence-electron chi connectivity index (χ3n) is 8.48. The first-order valence-electron chi connectivity index (χ1n) is 18.2. The second-order valence-electron chi connectivity index (χ2n) is 15.2. The lowest BCUT2D eigenvalue weighted by Gasteiger charge is -2.40. The molecule has 3 N–H and O–H groups in total. The van der Waals surface area contributed by atoms with Gasteiger partial charge in [-0.1, -0.05) is 67.6 Å². The van der Waals surface area contributed by atoms with Crippen LogP contribution < -0.4 is 10.6 Å². The van der Waals surface area contributed by atoms with Crippen molar-refractivity contribution in [2.75, 3.05) is 25.0 Å². The molecule has 0 spiro atoms. The molecule has 1 aliphatic heterocycles. The third-order valence-corrected chi connectivity index (χ3v) is 8.48. The molecule has 0 bridgehead atoms. The molecule has 1 saturated heterocycles.